The minimum absolute atomic E-state index is 0.788. The molecule has 0 fully saturated rings. The quantitative estimate of drug-likeness (QED) is 0.670. The van der Waals surface area contributed by atoms with E-state index in [0.717, 1.165) is 42.1 Å². The normalized spacial score (nSPS) is 11.2. The van der Waals surface area contributed by atoms with Gasteiger partial charge in [-0.15, -0.1) is 0 Å². The summed E-state index contributed by atoms with van der Waals surface area (Å²) in [5.41, 5.74) is 4.14. The Hall–Kier alpha value is -2.21. The Bertz CT molecular complexity index is 655. The van der Waals surface area contributed by atoms with E-state index >= 15 is 0 Å². The summed E-state index contributed by atoms with van der Waals surface area (Å²) >= 11 is 0. The van der Waals surface area contributed by atoms with Crippen molar-refractivity contribution in [2.75, 3.05) is 6.54 Å². The van der Waals surface area contributed by atoms with E-state index in [4.69, 9.17) is 0 Å². The van der Waals surface area contributed by atoms with Gasteiger partial charge < -0.3 is 10.3 Å². The topological polar surface area (TPSA) is 70.9 Å². The average molecular weight is 256 g/mol. The van der Waals surface area contributed by atoms with Gasteiger partial charge in [-0.25, -0.2) is 14.5 Å². The summed E-state index contributed by atoms with van der Waals surface area (Å²) in [7, 11) is 0. The van der Waals surface area contributed by atoms with Crippen molar-refractivity contribution in [2.24, 2.45) is 0 Å². The van der Waals surface area contributed by atoms with Crippen molar-refractivity contribution in [3.63, 3.8) is 0 Å². The highest BCUT2D eigenvalue weighted by molar-refractivity contribution is 5.38. The zero-order chi connectivity index (χ0) is 13.1. The van der Waals surface area contributed by atoms with Gasteiger partial charge in [0.25, 0.3) is 0 Å². The van der Waals surface area contributed by atoms with Gasteiger partial charge in [0.05, 0.1) is 12.0 Å². The predicted molar refractivity (Wildman–Crippen MR) is 71.7 cm³/mol. The Morgan fingerprint density at radius 2 is 2.32 bits per heavy atom. The first-order valence-corrected chi connectivity index (χ1v) is 6.30. The second-order valence-electron chi connectivity index (χ2n) is 4.55. The van der Waals surface area contributed by atoms with E-state index in [1.54, 1.807) is 6.33 Å². The van der Waals surface area contributed by atoms with Crippen LogP contribution in [0.4, 0.5) is 0 Å². The highest BCUT2D eigenvalue weighted by Gasteiger charge is 2.00. The molecule has 0 saturated carbocycles. The number of aromatic amines is 1. The van der Waals surface area contributed by atoms with E-state index in [-0.39, 0.29) is 0 Å². The van der Waals surface area contributed by atoms with Crippen LogP contribution in [0.2, 0.25) is 0 Å². The van der Waals surface area contributed by atoms with Crippen LogP contribution in [-0.4, -0.2) is 31.1 Å². The molecule has 0 aliphatic rings. The molecule has 3 heterocycles. The maximum Gasteiger partial charge on any atom is 0.155 e. The highest BCUT2D eigenvalue weighted by Crippen LogP contribution is 2.04. The van der Waals surface area contributed by atoms with E-state index in [2.05, 4.69) is 25.4 Å². The van der Waals surface area contributed by atoms with Gasteiger partial charge in [0.2, 0.25) is 0 Å². The summed E-state index contributed by atoms with van der Waals surface area (Å²) in [6, 6.07) is 1.97. The summed E-state index contributed by atoms with van der Waals surface area (Å²) in [6.45, 7) is 3.66. The second kappa shape index (κ2) is 5.19. The summed E-state index contributed by atoms with van der Waals surface area (Å²) in [4.78, 5) is 11.5. The van der Waals surface area contributed by atoms with Crippen LogP contribution >= 0.6 is 0 Å². The number of aryl methyl sites for hydroxylation is 1. The molecule has 0 amide bonds. The van der Waals surface area contributed by atoms with Gasteiger partial charge in [0.15, 0.2) is 5.65 Å². The molecule has 0 bridgehead atoms. The van der Waals surface area contributed by atoms with Gasteiger partial charge in [-0.2, -0.15) is 5.10 Å². The minimum atomic E-state index is 0.788. The zero-order valence-corrected chi connectivity index (χ0v) is 10.8. The first-order chi connectivity index (χ1) is 9.31. The lowest BCUT2D eigenvalue weighted by atomic mass is 10.3. The lowest BCUT2D eigenvalue weighted by Crippen LogP contribution is -2.17. The molecule has 0 aromatic carbocycles. The number of aromatic nitrogens is 5. The molecular formula is C13H16N6. The molecule has 0 saturated heterocycles. The molecule has 3 rings (SSSR count). The third-order valence-corrected chi connectivity index (χ3v) is 2.94. The van der Waals surface area contributed by atoms with Crippen molar-refractivity contribution in [1.29, 1.82) is 0 Å². The lowest BCUT2D eigenvalue weighted by molar-refractivity contribution is 0.675. The lowest BCUT2D eigenvalue weighted by Gasteiger charge is -2.04. The Morgan fingerprint density at radius 3 is 3.16 bits per heavy atom. The Kier molecular flexibility index (Phi) is 3.24. The molecule has 6 heteroatoms. The van der Waals surface area contributed by atoms with Crippen LogP contribution in [0, 0.1) is 6.92 Å². The van der Waals surface area contributed by atoms with Crippen LogP contribution in [0.25, 0.3) is 5.65 Å². The molecule has 0 aliphatic heterocycles. The van der Waals surface area contributed by atoms with E-state index in [0.29, 0.717) is 0 Å². The maximum atomic E-state index is 4.37. The zero-order valence-electron chi connectivity index (χ0n) is 10.8. The Balaban J connectivity index is 1.56. The number of nitrogens with one attached hydrogen (secondary N) is 2. The fourth-order valence-corrected chi connectivity index (χ4v) is 2.00. The summed E-state index contributed by atoms with van der Waals surface area (Å²) in [6.07, 6.45) is 8.39. The molecule has 0 atom stereocenters. The number of fused-ring (bicyclic) bond motifs is 1. The van der Waals surface area contributed by atoms with E-state index < -0.39 is 0 Å². The molecule has 0 unspecified atom stereocenters. The number of hydrogen-bond acceptors (Lipinski definition) is 4. The van der Waals surface area contributed by atoms with Crippen LogP contribution in [0.5, 0.6) is 0 Å². The van der Waals surface area contributed by atoms with Gasteiger partial charge in [-0.1, -0.05) is 0 Å². The number of rotatable bonds is 5. The fraction of sp³-hybridized carbons (Fsp3) is 0.308. The van der Waals surface area contributed by atoms with Gasteiger partial charge in [-0.3, -0.25) is 0 Å². The molecular weight excluding hydrogens is 240 g/mol. The SMILES string of the molecule is Cc1cc2ncc(CNCCc3cnc[nH]3)cn2n1. The first-order valence-electron chi connectivity index (χ1n) is 6.30. The summed E-state index contributed by atoms with van der Waals surface area (Å²) in [5, 5.41) is 7.74. The Morgan fingerprint density at radius 1 is 1.37 bits per heavy atom. The molecule has 2 N–H and O–H groups in total. The minimum Gasteiger partial charge on any atom is -0.348 e. The molecule has 3 aromatic heterocycles. The summed E-state index contributed by atoms with van der Waals surface area (Å²) < 4.78 is 1.82. The molecule has 98 valence electrons. The largest absolute Gasteiger partial charge is 0.348 e. The molecule has 6 nitrogen and oxygen atoms in total. The monoisotopic (exact) mass is 256 g/mol. The number of imidazole rings is 1. The molecule has 19 heavy (non-hydrogen) atoms. The predicted octanol–water partition coefficient (Wildman–Crippen LogP) is 1.09. The van der Waals surface area contributed by atoms with Crippen LogP contribution in [-0.2, 0) is 13.0 Å². The van der Waals surface area contributed by atoms with Crippen molar-refractivity contribution < 1.29 is 0 Å². The van der Waals surface area contributed by atoms with Crippen molar-refractivity contribution in [3.8, 4) is 0 Å². The molecule has 0 radical (unpaired) electrons. The summed E-state index contributed by atoms with van der Waals surface area (Å²) in [5.74, 6) is 0. The molecule has 0 spiro atoms. The van der Waals surface area contributed by atoms with Gasteiger partial charge in [-0.05, 0) is 6.92 Å². The third kappa shape index (κ3) is 2.79. The van der Waals surface area contributed by atoms with Crippen LogP contribution in [0.15, 0.2) is 31.0 Å². The smallest absolute Gasteiger partial charge is 0.155 e. The number of H-pyrrole nitrogens is 1. The van der Waals surface area contributed by atoms with Crippen LogP contribution in [0.3, 0.4) is 0 Å². The van der Waals surface area contributed by atoms with Crippen molar-refractivity contribution in [2.45, 2.75) is 19.9 Å². The van der Waals surface area contributed by atoms with Crippen LogP contribution < -0.4 is 5.32 Å². The van der Waals surface area contributed by atoms with Crippen molar-refractivity contribution in [3.05, 3.63) is 47.9 Å². The standard InChI is InChI=1S/C13H16N6/c1-10-4-13-16-6-11(8-19(13)18-10)5-14-3-2-12-7-15-9-17-12/h4,6-9,14H,2-3,5H2,1H3,(H,15,17). The maximum absolute atomic E-state index is 4.37. The van der Waals surface area contributed by atoms with Gasteiger partial charge in [0, 0.05) is 55.4 Å². The first kappa shape index (κ1) is 11.9. The van der Waals surface area contributed by atoms with Gasteiger partial charge in [0.1, 0.15) is 0 Å². The third-order valence-electron chi connectivity index (χ3n) is 2.94. The van der Waals surface area contributed by atoms with E-state index in [9.17, 15) is 0 Å². The van der Waals surface area contributed by atoms with Crippen molar-refractivity contribution in [1.82, 2.24) is 29.9 Å². The Labute approximate surface area is 110 Å². The number of hydrogen-bond donors (Lipinski definition) is 2. The molecule has 3 aromatic rings. The van der Waals surface area contributed by atoms with Crippen LogP contribution in [0.1, 0.15) is 17.0 Å². The van der Waals surface area contributed by atoms with Gasteiger partial charge >= 0.3 is 0 Å². The van der Waals surface area contributed by atoms with Crippen molar-refractivity contribution >= 4 is 5.65 Å². The van der Waals surface area contributed by atoms with E-state index in [1.807, 2.05) is 36.1 Å². The highest BCUT2D eigenvalue weighted by atomic mass is 15.2. The fourth-order valence-electron chi connectivity index (χ4n) is 2.00. The molecule has 0 aliphatic carbocycles. The van der Waals surface area contributed by atoms with E-state index in [1.165, 1.54) is 0 Å². The average Bonchev–Trinajstić information content (AvgIpc) is 3.02. The number of nitrogens with zero attached hydrogens (tertiary/aromatic N) is 4. The second-order valence-corrected chi connectivity index (χ2v) is 4.55.